The molecule has 0 radical (unpaired) electrons. The molecule has 0 saturated carbocycles. The fraction of sp³-hybridized carbons (Fsp3) is 0.517. The van der Waals surface area contributed by atoms with Gasteiger partial charge in [-0.15, -0.1) is 0 Å². The van der Waals surface area contributed by atoms with E-state index in [0.29, 0.717) is 42.7 Å². The van der Waals surface area contributed by atoms with Crippen molar-refractivity contribution < 1.29 is 22.7 Å². The maximum atomic E-state index is 13.9. The maximum Gasteiger partial charge on any atom is 0.260 e. The molecule has 0 unspecified atom stereocenters. The van der Waals surface area contributed by atoms with Crippen LogP contribution in [0.15, 0.2) is 47.4 Å². The molecule has 0 bridgehead atoms. The molecule has 3 aromatic rings. The van der Waals surface area contributed by atoms with Gasteiger partial charge in [-0.2, -0.15) is 4.31 Å². The van der Waals surface area contributed by atoms with Crippen molar-refractivity contribution in [3.05, 3.63) is 48.0 Å². The molecule has 2 aliphatic rings. The summed E-state index contributed by atoms with van der Waals surface area (Å²) < 4.78 is 40.3. The Morgan fingerprint density at radius 1 is 1.02 bits per heavy atom. The Morgan fingerprint density at radius 2 is 1.75 bits per heavy atom. The zero-order valence-electron chi connectivity index (χ0n) is 23.1. The predicted octanol–water partition coefficient (Wildman–Crippen LogP) is 4.63. The standard InChI is InChI=1S/C29H38N4O5S2/c1-2-38-25-9-7-10-26-27(25)30-29(39-26)33(18-8-15-31-19-21-37-22-20-31)28(34)23-11-13-24(14-12-23)40(35,36)32-16-5-3-4-6-17-32/h7,9-14H,2-6,8,15-22H2,1H3. The third-order valence-electron chi connectivity index (χ3n) is 7.41. The highest BCUT2D eigenvalue weighted by molar-refractivity contribution is 7.89. The molecule has 2 aromatic carbocycles. The second-order valence-electron chi connectivity index (χ2n) is 10.1. The number of aromatic nitrogens is 1. The molecule has 9 nitrogen and oxygen atoms in total. The molecule has 0 atom stereocenters. The molecule has 216 valence electrons. The Labute approximate surface area is 240 Å². The number of amides is 1. The molecule has 2 aliphatic heterocycles. The van der Waals surface area contributed by atoms with Gasteiger partial charge in [0.25, 0.3) is 5.91 Å². The number of para-hydroxylation sites is 1. The number of rotatable bonds is 10. The van der Waals surface area contributed by atoms with E-state index in [1.54, 1.807) is 33.5 Å². The quantitative estimate of drug-likeness (QED) is 0.342. The fourth-order valence-corrected chi connectivity index (χ4v) is 7.74. The number of carbonyl (C=O) groups excluding carboxylic acids is 1. The van der Waals surface area contributed by atoms with Gasteiger partial charge in [-0.3, -0.25) is 14.6 Å². The van der Waals surface area contributed by atoms with Crippen LogP contribution in [0.1, 0.15) is 49.4 Å². The lowest BCUT2D eigenvalue weighted by Gasteiger charge is -2.27. The zero-order chi connectivity index (χ0) is 28.0. The van der Waals surface area contributed by atoms with Crippen molar-refractivity contribution in [1.29, 1.82) is 0 Å². The van der Waals surface area contributed by atoms with Crippen LogP contribution in [0.4, 0.5) is 5.13 Å². The summed E-state index contributed by atoms with van der Waals surface area (Å²) >= 11 is 1.46. The van der Waals surface area contributed by atoms with Gasteiger partial charge in [0.05, 0.1) is 29.4 Å². The third kappa shape index (κ3) is 6.66. The van der Waals surface area contributed by atoms with E-state index >= 15 is 0 Å². The number of nitrogens with zero attached hydrogens (tertiary/aromatic N) is 4. The average molecular weight is 587 g/mol. The molecule has 5 rings (SSSR count). The van der Waals surface area contributed by atoms with Crippen LogP contribution in [-0.4, -0.2) is 87.6 Å². The van der Waals surface area contributed by atoms with Crippen LogP contribution in [0.5, 0.6) is 5.75 Å². The molecule has 2 saturated heterocycles. The second-order valence-corrected chi connectivity index (χ2v) is 13.1. The van der Waals surface area contributed by atoms with E-state index in [2.05, 4.69) is 4.90 Å². The topological polar surface area (TPSA) is 92.3 Å². The first kappa shape index (κ1) is 28.9. The van der Waals surface area contributed by atoms with Crippen LogP contribution in [0.2, 0.25) is 0 Å². The van der Waals surface area contributed by atoms with Gasteiger partial charge in [-0.05, 0) is 62.6 Å². The number of thiazole rings is 1. The van der Waals surface area contributed by atoms with Crippen molar-refractivity contribution in [3.8, 4) is 5.75 Å². The summed E-state index contributed by atoms with van der Waals surface area (Å²) in [5.41, 5.74) is 1.18. The van der Waals surface area contributed by atoms with E-state index in [1.165, 1.54) is 11.3 Å². The summed E-state index contributed by atoms with van der Waals surface area (Å²) in [6.45, 7) is 8.14. The number of hydrogen-bond donors (Lipinski definition) is 0. The van der Waals surface area contributed by atoms with Gasteiger partial charge >= 0.3 is 0 Å². The number of morpholine rings is 1. The summed E-state index contributed by atoms with van der Waals surface area (Å²) in [5, 5.41) is 0.607. The summed E-state index contributed by atoms with van der Waals surface area (Å²) in [4.78, 5) is 23.0. The van der Waals surface area contributed by atoms with Gasteiger partial charge < -0.3 is 9.47 Å². The molecule has 2 fully saturated rings. The van der Waals surface area contributed by atoms with Gasteiger partial charge in [0, 0.05) is 44.8 Å². The highest BCUT2D eigenvalue weighted by Crippen LogP contribution is 2.35. The molecular weight excluding hydrogens is 548 g/mol. The molecule has 11 heteroatoms. The van der Waals surface area contributed by atoms with Crippen molar-refractivity contribution >= 4 is 42.6 Å². The second kappa shape index (κ2) is 13.4. The van der Waals surface area contributed by atoms with Gasteiger partial charge in [-0.25, -0.2) is 13.4 Å². The van der Waals surface area contributed by atoms with Gasteiger partial charge in [0.15, 0.2) is 5.13 Å². The van der Waals surface area contributed by atoms with E-state index < -0.39 is 10.0 Å². The summed E-state index contributed by atoms with van der Waals surface area (Å²) in [6, 6.07) is 12.2. The van der Waals surface area contributed by atoms with Crippen LogP contribution in [-0.2, 0) is 14.8 Å². The number of hydrogen-bond acceptors (Lipinski definition) is 8. The maximum absolute atomic E-state index is 13.9. The van der Waals surface area contributed by atoms with Gasteiger partial charge in [0.2, 0.25) is 10.0 Å². The summed E-state index contributed by atoms with van der Waals surface area (Å²) in [6.07, 6.45) is 4.64. The molecule has 0 N–H and O–H groups in total. The smallest absolute Gasteiger partial charge is 0.260 e. The van der Waals surface area contributed by atoms with E-state index in [0.717, 1.165) is 75.2 Å². The minimum atomic E-state index is -3.59. The van der Waals surface area contributed by atoms with E-state index in [-0.39, 0.29) is 10.8 Å². The Morgan fingerprint density at radius 3 is 2.45 bits per heavy atom. The molecule has 0 spiro atoms. The Hall–Kier alpha value is -2.57. The van der Waals surface area contributed by atoms with Crippen molar-refractivity contribution in [1.82, 2.24) is 14.2 Å². The van der Waals surface area contributed by atoms with Crippen LogP contribution < -0.4 is 9.64 Å². The first-order valence-corrected chi connectivity index (χ1v) is 16.5. The number of anilines is 1. The average Bonchev–Trinajstić information content (AvgIpc) is 3.21. The largest absolute Gasteiger partial charge is 0.492 e. The number of benzene rings is 2. The lowest BCUT2D eigenvalue weighted by molar-refractivity contribution is 0.0376. The van der Waals surface area contributed by atoms with E-state index in [9.17, 15) is 13.2 Å². The van der Waals surface area contributed by atoms with Crippen molar-refractivity contribution in [2.24, 2.45) is 0 Å². The van der Waals surface area contributed by atoms with Gasteiger partial charge in [-0.1, -0.05) is 30.2 Å². The minimum Gasteiger partial charge on any atom is -0.492 e. The molecule has 1 aromatic heterocycles. The minimum absolute atomic E-state index is 0.197. The Balaban J connectivity index is 1.39. The van der Waals surface area contributed by atoms with E-state index in [1.807, 2.05) is 25.1 Å². The normalized spacial score (nSPS) is 17.5. The molecule has 0 aliphatic carbocycles. The van der Waals surface area contributed by atoms with E-state index in [4.69, 9.17) is 14.5 Å². The van der Waals surface area contributed by atoms with Crippen molar-refractivity contribution in [2.45, 2.75) is 43.9 Å². The van der Waals surface area contributed by atoms with Crippen LogP contribution >= 0.6 is 11.3 Å². The van der Waals surface area contributed by atoms with Crippen LogP contribution in [0.3, 0.4) is 0 Å². The zero-order valence-corrected chi connectivity index (χ0v) is 24.7. The highest BCUT2D eigenvalue weighted by atomic mass is 32.2. The number of fused-ring (bicyclic) bond motifs is 1. The number of ether oxygens (including phenoxy) is 2. The molecule has 3 heterocycles. The first-order valence-electron chi connectivity index (χ1n) is 14.2. The lowest BCUT2D eigenvalue weighted by Crippen LogP contribution is -2.39. The monoisotopic (exact) mass is 586 g/mol. The highest BCUT2D eigenvalue weighted by Gasteiger charge is 2.27. The number of sulfonamides is 1. The number of carbonyl (C=O) groups is 1. The third-order valence-corrected chi connectivity index (χ3v) is 10.4. The lowest BCUT2D eigenvalue weighted by atomic mass is 10.2. The Kier molecular flexibility index (Phi) is 9.69. The SMILES string of the molecule is CCOc1cccc2sc(N(CCCN3CCOCC3)C(=O)c3ccc(S(=O)(=O)N4CCCCCC4)cc3)nc12. The predicted molar refractivity (Wildman–Crippen MR) is 158 cm³/mol. The van der Waals surface area contributed by atoms with Crippen LogP contribution in [0.25, 0.3) is 10.2 Å². The molecule has 40 heavy (non-hydrogen) atoms. The fourth-order valence-electron chi connectivity index (χ4n) is 5.22. The van der Waals surface area contributed by atoms with Crippen molar-refractivity contribution in [2.75, 3.05) is 64.0 Å². The van der Waals surface area contributed by atoms with Gasteiger partial charge in [0.1, 0.15) is 11.3 Å². The first-order chi connectivity index (χ1) is 19.5. The molecular formula is C29H38N4O5S2. The van der Waals surface area contributed by atoms with Crippen molar-refractivity contribution in [3.63, 3.8) is 0 Å². The Bertz CT molecular complexity index is 1380. The molecule has 1 amide bonds. The van der Waals surface area contributed by atoms with Crippen LogP contribution in [0, 0.1) is 0 Å². The summed E-state index contributed by atoms with van der Waals surface area (Å²) in [7, 11) is -3.59. The summed E-state index contributed by atoms with van der Waals surface area (Å²) in [5.74, 6) is 0.504.